The molecule has 0 atom stereocenters. The fourth-order valence-corrected chi connectivity index (χ4v) is 1.88. The van der Waals surface area contributed by atoms with E-state index in [-0.39, 0.29) is 17.2 Å². The molecule has 5 nitrogen and oxygen atoms in total. The molecular weight excluding hydrogens is 256 g/mol. The van der Waals surface area contributed by atoms with Gasteiger partial charge in [0.15, 0.2) is 0 Å². The van der Waals surface area contributed by atoms with Crippen molar-refractivity contribution in [3.8, 4) is 0 Å². The first kappa shape index (κ1) is 13.6. The molecule has 0 aromatic heterocycles. The van der Waals surface area contributed by atoms with Gasteiger partial charge in [0.2, 0.25) is 0 Å². The molecule has 0 fully saturated rings. The number of carboxylic acid groups (broad SMARTS) is 1. The van der Waals surface area contributed by atoms with E-state index in [0.717, 1.165) is 0 Å². The molecule has 1 amide bonds. The van der Waals surface area contributed by atoms with Crippen molar-refractivity contribution in [1.82, 2.24) is 0 Å². The second kappa shape index (κ2) is 5.44. The molecule has 0 spiro atoms. The van der Waals surface area contributed by atoms with Crippen LogP contribution >= 0.6 is 0 Å². The largest absolute Gasteiger partial charge is 0.478 e. The van der Waals surface area contributed by atoms with Gasteiger partial charge in [0, 0.05) is 12.6 Å². The number of carbonyl (C=O) groups excluding carboxylic acids is 1. The van der Waals surface area contributed by atoms with Gasteiger partial charge in [0.05, 0.1) is 16.9 Å². The first-order valence-electron chi connectivity index (χ1n) is 5.96. The average molecular weight is 270 g/mol. The van der Waals surface area contributed by atoms with E-state index in [9.17, 15) is 9.59 Å². The molecule has 2 aromatic carbocycles. The van der Waals surface area contributed by atoms with E-state index in [0.29, 0.717) is 11.3 Å². The van der Waals surface area contributed by atoms with Crippen LogP contribution in [0.1, 0.15) is 20.7 Å². The van der Waals surface area contributed by atoms with Crippen LogP contribution in [0, 0.1) is 0 Å². The van der Waals surface area contributed by atoms with E-state index >= 15 is 0 Å². The number of hydrogen-bond donors (Lipinski definition) is 2. The number of aromatic carboxylic acids is 1. The number of rotatable bonds is 3. The zero-order valence-electron chi connectivity index (χ0n) is 10.9. The van der Waals surface area contributed by atoms with Crippen molar-refractivity contribution in [2.75, 3.05) is 17.7 Å². The van der Waals surface area contributed by atoms with E-state index in [2.05, 4.69) is 0 Å². The lowest BCUT2D eigenvalue weighted by Crippen LogP contribution is -2.27. The van der Waals surface area contributed by atoms with Gasteiger partial charge in [-0.15, -0.1) is 0 Å². The lowest BCUT2D eigenvalue weighted by Gasteiger charge is -2.19. The van der Waals surface area contributed by atoms with Crippen LogP contribution in [0.4, 0.5) is 11.4 Å². The van der Waals surface area contributed by atoms with E-state index in [4.69, 9.17) is 10.8 Å². The maximum Gasteiger partial charge on any atom is 0.335 e. The summed E-state index contributed by atoms with van der Waals surface area (Å²) in [5.74, 6) is -1.26. The second-order valence-corrected chi connectivity index (χ2v) is 4.31. The summed E-state index contributed by atoms with van der Waals surface area (Å²) in [7, 11) is 1.60. The lowest BCUT2D eigenvalue weighted by molar-refractivity contribution is 0.0697. The minimum Gasteiger partial charge on any atom is -0.478 e. The van der Waals surface area contributed by atoms with E-state index in [1.165, 1.54) is 23.1 Å². The smallest absolute Gasteiger partial charge is 0.335 e. The maximum absolute atomic E-state index is 12.3. The Bertz CT molecular complexity index is 653. The third kappa shape index (κ3) is 2.61. The number of benzene rings is 2. The van der Waals surface area contributed by atoms with Crippen LogP contribution in [-0.4, -0.2) is 24.0 Å². The quantitative estimate of drug-likeness (QED) is 0.838. The van der Waals surface area contributed by atoms with Crippen molar-refractivity contribution >= 4 is 23.3 Å². The molecule has 0 aliphatic heterocycles. The Morgan fingerprint density at radius 3 is 2.25 bits per heavy atom. The molecule has 0 heterocycles. The minimum absolute atomic E-state index is 0.0896. The Kier molecular flexibility index (Phi) is 3.70. The summed E-state index contributed by atoms with van der Waals surface area (Å²) in [6, 6.07) is 13.1. The molecule has 5 heteroatoms. The highest BCUT2D eigenvalue weighted by Gasteiger charge is 2.16. The summed E-state index contributed by atoms with van der Waals surface area (Å²) in [5, 5.41) is 8.89. The van der Waals surface area contributed by atoms with Gasteiger partial charge in [-0.3, -0.25) is 4.79 Å². The molecule has 0 bridgehead atoms. The highest BCUT2D eigenvalue weighted by molar-refractivity contribution is 6.07. The number of hydrogen-bond acceptors (Lipinski definition) is 3. The fourth-order valence-electron chi connectivity index (χ4n) is 1.88. The molecule has 0 saturated carbocycles. The molecule has 0 unspecified atom stereocenters. The highest BCUT2D eigenvalue weighted by Crippen LogP contribution is 2.24. The zero-order chi connectivity index (χ0) is 14.7. The lowest BCUT2D eigenvalue weighted by atomic mass is 10.1. The van der Waals surface area contributed by atoms with Crippen molar-refractivity contribution in [3.05, 3.63) is 59.7 Å². The topological polar surface area (TPSA) is 83.6 Å². The Balaban J connectivity index is 2.32. The summed E-state index contributed by atoms with van der Waals surface area (Å²) in [6.45, 7) is 0. The van der Waals surface area contributed by atoms with Crippen LogP contribution in [0.15, 0.2) is 48.5 Å². The molecule has 0 aliphatic carbocycles. The van der Waals surface area contributed by atoms with Gasteiger partial charge in [-0.05, 0) is 30.3 Å². The van der Waals surface area contributed by atoms with Crippen LogP contribution in [0.25, 0.3) is 0 Å². The number of carbonyl (C=O) groups is 2. The standard InChI is InChI=1S/C15H14N2O3/c1-17(14(18)10-5-3-2-4-6-10)13-8-7-11(15(19)20)9-12(13)16/h2-9H,16H2,1H3,(H,19,20). The van der Waals surface area contributed by atoms with Gasteiger partial charge in [-0.1, -0.05) is 18.2 Å². The molecule has 2 aromatic rings. The molecule has 0 saturated heterocycles. The van der Waals surface area contributed by atoms with Crippen LogP contribution < -0.4 is 10.6 Å². The van der Waals surface area contributed by atoms with Crippen molar-refractivity contribution in [2.45, 2.75) is 0 Å². The average Bonchev–Trinajstić information content (AvgIpc) is 2.46. The molecule has 3 N–H and O–H groups in total. The Hall–Kier alpha value is -2.82. The first-order valence-corrected chi connectivity index (χ1v) is 5.96. The third-order valence-corrected chi connectivity index (χ3v) is 2.96. The Morgan fingerprint density at radius 1 is 1.05 bits per heavy atom. The molecule has 20 heavy (non-hydrogen) atoms. The van der Waals surface area contributed by atoms with Crippen molar-refractivity contribution in [1.29, 1.82) is 0 Å². The summed E-state index contributed by atoms with van der Waals surface area (Å²) in [5.41, 5.74) is 7.17. The van der Waals surface area contributed by atoms with E-state index in [1.807, 2.05) is 6.07 Å². The number of anilines is 2. The fraction of sp³-hybridized carbons (Fsp3) is 0.0667. The van der Waals surface area contributed by atoms with Crippen LogP contribution in [-0.2, 0) is 0 Å². The van der Waals surface area contributed by atoms with Crippen molar-refractivity contribution in [3.63, 3.8) is 0 Å². The van der Waals surface area contributed by atoms with E-state index < -0.39 is 5.97 Å². The van der Waals surface area contributed by atoms with Gasteiger partial charge >= 0.3 is 5.97 Å². The Labute approximate surface area is 116 Å². The first-order chi connectivity index (χ1) is 9.50. The maximum atomic E-state index is 12.3. The van der Waals surface area contributed by atoms with E-state index in [1.54, 1.807) is 31.3 Å². The molecule has 2 rings (SSSR count). The van der Waals surface area contributed by atoms with Crippen LogP contribution in [0.2, 0.25) is 0 Å². The number of carboxylic acids is 1. The van der Waals surface area contributed by atoms with Crippen molar-refractivity contribution < 1.29 is 14.7 Å². The summed E-state index contributed by atoms with van der Waals surface area (Å²) in [6.07, 6.45) is 0. The Morgan fingerprint density at radius 2 is 1.70 bits per heavy atom. The van der Waals surface area contributed by atoms with Crippen molar-refractivity contribution in [2.24, 2.45) is 0 Å². The monoisotopic (exact) mass is 270 g/mol. The summed E-state index contributed by atoms with van der Waals surface area (Å²) in [4.78, 5) is 24.5. The third-order valence-electron chi connectivity index (χ3n) is 2.96. The van der Waals surface area contributed by atoms with Gasteiger partial charge in [0.1, 0.15) is 0 Å². The molecular formula is C15H14N2O3. The van der Waals surface area contributed by atoms with Gasteiger partial charge in [0.25, 0.3) is 5.91 Å². The van der Waals surface area contributed by atoms with Crippen LogP contribution in [0.5, 0.6) is 0 Å². The predicted octanol–water partition coefficient (Wildman–Crippen LogP) is 2.24. The molecule has 0 aliphatic rings. The number of nitrogens with zero attached hydrogens (tertiary/aromatic N) is 1. The molecule has 102 valence electrons. The molecule has 0 radical (unpaired) electrons. The van der Waals surface area contributed by atoms with Crippen LogP contribution in [0.3, 0.4) is 0 Å². The SMILES string of the molecule is CN(C(=O)c1ccccc1)c1ccc(C(=O)O)cc1N. The van der Waals surface area contributed by atoms with Gasteiger partial charge in [-0.25, -0.2) is 4.79 Å². The normalized spacial score (nSPS) is 10.1. The number of nitrogen functional groups attached to an aromatic ring is 1. The van der Waals surface area contributed by atoms with Gasteiger partial charge in [-0.2, -0.15) is 0 Å². The predicted molar refractivity (Wildman–Crippen MR) is 77.0 cm³/mol. The second-order valence-electron chi connectivity index (χ2n) is 4.31. The van der Waals surface area contributed by atoms with Gasteiger partial charge < -0.3 is 15.7 Å². The number of nitrogens with two attached hydrogens (primary N) is 1. The minimum atomic E-state index is -1.06. The summed E-state index contributed by atoms with van der Waals surface area (Å²) >= 11 is 0. The highest BCUT2D eigenvalue weighted by atomic mass is 16.4. The zero-order valence-corrected chi connectivity index (χ0v) is 10.9. The number of amides is 1. The summed E-state index contributed by atoms with van der Waals surface area (Å²) < 4.78 is 0.